The highest BCUT2D eigenvalue weighted by atomic mass is 16.5. The van der Waals surface area contributed by atoms with Gasteiger partial charge in [0.1, 0.15) is 11.6 Å². The molecule has 114 valence electrons. The summed E-state index contributed by atoms with van der Waals surface area (Å²) in [6.07, 6.45) is 0.324. The van der Waals surface area contributed by atoms with Crippen LogP contribution in [-0.4, -0.2) is 30.8 Å². The number of carbonyl (C=O) groups is 1. The first kappa shape index (κ1) is 14.8. The predicted molar refractivity (Wildman–Crippen MR) is 84.2 cm³/mol. The van der Waals surface area contributed by atoms with Gasteiger partial charge in [0.25, 0.3) is 0 Å². The Kier molecular flexibility index (Phi) is 3.96. The summed E-state index contributed by atoms with van der Waals surface area (Å²) < 4.78 is 4.73. The fourth-order valence-electron chi connectivity index (χ4n) is 2.91. The molecule has 0 spiro atoms. The van der Waals surface area contributed by atoms with E-state index in [1.54, 1.807) is 0 Å². The summed E-state index contributed by atoms with van der Waals surface area (Å²) >= 11 is 0. The summed E-state index contributed by atoms with van der Waals surface area (Å²) in [4.78, 5) is 11.6. The SMILES string of the molecule is COC(=O)[C@@H]1CC(O)(c2ccc(-c3ccccc3)cc2)CN1. The summed E-state index contributed by atoms with van der Waals surface area (Å²) in [5, 5.41) is 13.8. The second-order valence-electron chi connectivity index (χ2n) is 5.64. The molecule has 1 aliphatic heterocycles. The fourth-order valence-corrected chi connectivity index (χ4v) is 2.91. The molecular weight excluding hydrogens is 278 g/mol. The number of nitrogens with one attached hydrogen (secondary N) is 1. The van der Waals surface area contributed by atoms with E-state index in [4.69, 9.17) is 4.74 Å². The molecule has 1 saturated heterocycles. The molecule has 1 fully saturated rings. The monoisotopic (exact) mass is 297 g/mol. The lowest BCUT2D eigenvalue weighted by Gasteiger charge is -2.22. The molecule has 0 aliphatic carbocycles. The van der Waals surface area contributed by atoms with Crippen LogP contribution in [0, 0.1) is 0 Å². The zero-order valence-electron chi connectivity index (χ0n) is 12.5. The minimum atomic E-state index is -1.03. The number of esters is 1. The van der Waals surface area contributed by atoms with E-state index < -0.39 is 11.6 Å². The molecule has 22 heavy (non-hydrogen) atoms. The maximum atomic E-state index is 11.6. The van der Waals surface area contributed by atoms with Crippen LogP contribution in [0.3, 0.4) is 0 Å². The number of hydrogen-bond donors (Lipinski definition) is 2. The zero-order chi connectivity index (χ0) is 15.6. The van der Waals surface area contributed by atoms with Gasteiger partial charge in [-0.3, -0.25) is 4.79 Å². The number of aliphatic hydroxyl groups is 1. The van der Waals surface area contributed by atoms with Crippen LogP contribution in [0.25, 0.3) is 11.1 Å². The molecule has 4 heteroatoms. The number of rotatable bonds is 3. The molecule has 2 aromatic carbocycles. The molecule has 1 heterocycles. The minimum absolute atomic E-state index is 0.324. The third-order valence-electron chi connectivity index (χ3n) is 4.20. The van der Waals surface area contributed by atoms with Crippen LogP contribution in [-0.2, 0) is 15.1 Å². The highest BCUT2D eigenvalue weighted by molar-refractivity contribution is 5.76. The van der Waals surface area contributed by atoms with Crippen LogP contribution in [0.5, 0.6) is 0 Å². The Labute approximate surface area is 129 Å². The number of carbonyl (C=O) groups excluding carboxylic acids is 1. The highest BCUT2D eigenvalue weighted by Gasteiger charge is 2.41. The number of methoxy groups -OCH3 is 1. The van der Waals surface area contributed by atoms with Gasteiger partial charge in [-0.25, -0.2) is 0 Å². The third-order valence-corrected chi connectivity index (χ3v) is 4.20. The maximum Gasteiger partial charge on any atom is 0.322 e. The molecule has 1 unspecified atom stereocenters. The Bertz CT molecular complexity index is 654. The van der Waals surface area contributed by atoms with E-state index in [0.29, 0.717) is 13.0 Å². The molecule has 2 N–H and O–H groups in total. The van der Waals surface area contributed by atoms with Crippen molar-refractivity contribution in [2.75, 3.05) is 13.7 Å². The molecule has 0 radical (unpaired) electrons. The van der Waals surface area contributed by atoms with Crippen LogP contribution in [0.2, 0.25) is 0 Å². The molecule has 2 aromatic rings. The Balaban J connectivity index is 1.80. The van der Waals surface area contributed by atoms with Crippen molar-refractivity contribution in [3.8, 4) is 11.1 Å². The van der Waals surface area contributed by atoms with Crippen LogP contribution >= 0.6 is 0 Å². The number of hydrogen-bond acceptors (Lipinski definition) is 4. The normalized spacial score (nSPS) is 24.2. The van der Waals surface area contributed by atoms with E-state index in [1.165, 1.54) is 7.11 Å². The molecule has 0 aromatic heterocycles. The summed E-state index contributed by atoms with van der Waals surface area (Å²) in [6, 6.07) is 17.5. The predicted octanol–water partition coefficient (Wildman–Crippen LogP) is 2.08. The van der Waals surface area contributed by atoms with Crippen molar-refractivity contribution in [2.24, 2.45) is 0 Å². The summed E-state index contributed by atoms with van der Waals surface area (Å²) in [5.74, 6) is -0.336. The van der Waals surface area contributed by atoms with Gasteiger partial charge in [-0.1, -0.05) is 54.6 Å². The van der Waals surface area contributed by atoms with Crippen molar-refractivity contribution >= 4 is 5.97 Å². The van der Waals surface area contributed by atoms with Gasteiger partial charge < -0.3 is 15.2 Å². The molecule has 3 rings (SSSR count). The molecule has 0 bridgehead atoms. The highest BCUT2D eigenvalue weighted by Crippen LogP contribution is 2.32. The van der Waals surface area contributed by atoms with E-state index in [9.17, 15) is 9.90 Å². The van der Waals surface area contributed by atoms with Gasteiger partial charge in [0.05, 0.1) is 7.11 Å². The minimum Gasteiger partial charge on any atom is -0.468 e. The topological polar surface area (TPSA) is 58.6 Å². The molecule has 2 atom stereocenters. The summed E-state index contributed by atoms with van der Waals surface area (Å²) in [5.41, 5.74) is 2.01. The van der Waals surface area contributed by atoms with Gasteiger partial charge >= 0.3 is 5.97 Å². The number of β-amino-alcohol motifs (C(OH)–C–C–N with tert-alkyl or cyclic N) is 1. The lowest BCUT2D eigenvalue weighted by molar-refractivity contribution is -0.143. The first-order valence-corrected chi connectivity index (χ1v) is 7.32. The fraction of sp³-hybridized carbons (Fsp3) is 0.278. The van der Waals surface area contributed by atoms with Gasteiger partial charge in [-0.2, -0.15) is 0 Å². The second-order valence-corrected chi connectivity index (χ2v) is 5.64. The summed E-state index contributed by atoms with van der Waals surface area (Å²) in [7, 11) is 1.36. The Morgan fingerprint density at radius 3 is 2.41 bits per heavy atom. The standard InChI is InChI=1S/C18H19NO3/c1-22-17(20)16-11-18(21,12-19-16)15-9-7-14(8-10-15)13-5-3-2-4-6-13/h2-10,16,19,21H,11-12H2,1H3/t16-,18?/m0/s1. The van der Waals surface area contributed by atoms with E-state index in [0.717, 1.165) is 16.7 Å². The van der Waals surface area contributed by atoms with Crippen molar-refractivity contribution in [2.45, 2.75) is 18.1 Å². The summed E-state index contributed by atoms with van der Waals surface area (Å²) in [6.45, 7) is 0.345. The van der Waals surface area contributed by atoms with E-state index >= 15 is 0 Å². The molecule has 4 nitrogen and oxygen atoms in total. The van der Waals surface area contributed by atoms with E-state index in [2.05, 4.69) is 5.32 Å². The van der Waals surface area contributed by atoms with E-state index in [-0.39, 0.29) is 5.97 Å². The van der Waals surface area contributed by atoms with Crippen molar-refractivity contribution in [1.82, 2.24) is 5.32 Å². The Hall–Kier alpha value is -2.17. The zero-order valence-corrected chi connectivity index (χ0v) is 12.5. The van der Waals surface area contributed by atoms with Crippen molar-refractivity contribution < 1.29 is 14.6 Å². The van der Waals surface area contributed by atoms with Crippen molar-refractivity contribution in [3.63, 3.8) is 0 Å². The quantitative estimate of drug-likeness (QED) is 0.852. The lowest BCUT2D eigenvalue weighted by Crippen LogP contribution is -2.31. The molecule has 1 aliphatic rings. The third kappa shape index (κ3) is 2.75. The lowest BCUT2D eigenvalue weighted by atomic mass is 9.90. The average Bonchev–Trinajstić information content (AvgIpc) is 2.99. The Morgan fingerprint density at radius 2 is 1.77 bits per heavy atom. The van der Waals surface area contributed by atoms with Crippen molar-refractivity contribution in [1.29, 1.82) is 0 Å². The van der Waals surface area contributed by atoms with Crippen LogP contribution in [0.1, 0.15) is 12.0 Å². The number of benzene rings is 2. The Morgan fingerprint density at radius 1 is 1.14 bits per heavy atom. The maximum absolute atomic E-state index is 11.6. The van der Waals surface area contributed by atoms with Crippen LogP contribution < -0.4 is 5.32 Å². The van der Waals surface area contributed by atoms with Gasteiger partial charge in [0.15, 0.2) is 0 Å². The van der Waals surface area contributed by atoms with Gasteiger partial charge in [-0.05, 0) is 16.7 Å². The largest absolute Gasteiger partial charge is 0.468 e. The van der Waals surface area contributed by atoms with Gasteiger partial charge in [0.2, 0.25) is 0 Å². The van der Waals surface area contributed by atoms with Gasteiger partial charge in [0, 0.05) is 13.0 Å². The average molecular weight is 297 g/mol. The smallest absolute Gasteiger partial charge is 0.322 e. The van der Waals surface area contributed by atoms with Gasteiger partial charge in [-0.15, -0.1) is 0 Å². The molecule has 0 amide bonds. The molecule has 0 saturated carbocycles. The van der Waals surface area contributed by atoms with Crippen molar-refractivity contribution in [3.05, 3.63) is 60.2 Å². The molecular formula is C18H19NO3. The first-order valence-electron chi connectivity index (χ1n) is 7.32. The number of ether oxygens (including phenoxy) is 1. The first-order chi connectivity index (χ1) is 10.6. The van der Waals surface area contributed by atoms with Crippen LogP contribution in [0.15, 0.2) is 54.6 Å². The van der Waals surface area contributed by atoms with Crippen LogP contribution in [0.4, 0.5) is 0 Å². The second kappa shape index (κ2) is 5.91. The van der Waals surface area contributed by atoms with E-state index in [1.807, 2.05) is 54.6 Å².